The number of methoxy groups -OCH3 is 1. The van der Waals surface area contributed by atoms with Crippen LogP contribution in [0.15, 0.2) is 40.9 Å². The standard InChI is InChI=1S/C17H18BrClO2/c1-4-21-13-7-5-12(6-8-13)17(19)14-10-15(18)11(2)9-16(14)20-3/h5-10,17H,4H2,1-3H3. The molecule has 0 amide bonds. The van der Waals surface area contributed by atoms with E-state index in [4.69, 9.17) is 21.1 Å². The van der Waals surface area contributed by atoms with Crippen molar-refractivity contribution >= 4 is 27.5 Å². The van der Waals surface area contributed by atoms with E-state index in [1.165, 1.54) is 0 Å². The molecule has 0 aliphatic heterocycles. The fourth-order valence-corrected chi connectivity index (χ4v) is 2.80. The van der Waals surface area contributed by atoms with Crippen molar-refractivity contribution in [3.05, 3.63) is 57.6 Å². The average molecular weight is 370 g/mol. The molecule has 0 heterocycles. The minimum atomic E-state index is -0.271. The second-order valence-corrected chi connectivity index (χ2v) is 6.00. The number of hydrogen-bond acceptors (Lipinski definition) is 2. The van der Waals surface area contributed by atoms with Gasteiger partial charge in [-0.2, -0.15) is 0 Å². The Morgan fingerprint density at radius 3 is 2.43 bits per heavy atom. The highest BCUT2D eigenvalue weighted by atomic mass is 79.9. The van der Waals surface area contributed by atoms with Crippen molar-refractivity contribution < 1.29 is 9.47 Å². The number of aryl methyl sites for hydroxylation is 1. The molecule has 0 saturated carbocycles. The van der Waals surface area contributed by atoms with Crippen molar-refractivity contribution in [1.82, 2.24) is 0 Å². The molecule has 0 bridgehead atoms. The second-order valence-electron chi connectivity index (χ2n) is 4.71. The molecule has 2 rings (SSSR count). The van der Waals surface area contributed by atoms with Crippen LogP contribution in [0.5, 0.6) is 11.5 Å². The van der Waals surface area contributed by atoms with Gasteiger partial charge < -0.3 is 9.47 Å². The summed E-state index contributed by atoms with van der Waals surface area (Å²) in [6, 6.07) is 11.8. The van der Waals surface area contributed by atoms with Gasteiger partial charge in [-0.05, 0) is 49.2 Å². The predicted octanol–water partition coefficient (Wildman–Crippen LogP) is 5.49. The third-order valence-electron chi connectivity index (χ3n) is 3.27. The van der Waals surface area contributed by atoms with Crippen LogP contribution in [-0.2, 0) is 0 Å². The molecule has 1 atom stereocenters. The van der Waals surface area contributed by atoms with Gasteiger partial charge in [0.05, 0.1) is 19.1 Å². The van der Waals surface area contributed by atoms with E-state index in [0.717, 1.165) is 32.7 Å². The smallest absolute Gasteiger partial charge is 0.124 e. The van der Waals surface area contributed by atoms with E-state index in [1.54, 1.807) is 7.11 Å². The molecular weight excluding hydrogens is 352 g/mol. The third kappa shape index (κ3) is 3.72. The van der Waals surface area contributed by atoms with Gasteiger partial charge >= 0.3 is 0 Å². The van der Waals surface area contributed by atoms with Crippen molar-refractivity contribution in [2.75, 3.05) is 13.7 Å². The van der Waals surface area contributed by atoms with E-state index < -0.39 is 0 Å². The summed E-state index contributed by atoms with van der Waals surface area (Å²) in [5, 5.41) is -0.271. The average Bonchev–Trinajstić information content (AvgIpc) is 2.50. The number of ether oxygens (including phenoxy) is 2. The Balaban J connectivity index is 2.34. The quantitative estimate of drug-likeness (QED) is 0.648. The summed E-state index contributed by atoms with van der Waals surface area (Å²) in [6.45, 7) is 4.64. The minimum absolute atomic E-state index is 0.271. The summed E-state index contributed by atoms with van der Waals surface area (Å²) in [6.07, 6.45) is 0. The first-order valence-electron chi connectivity index (χ1n) is 6.77. The molecule has 0 aliphatic rings. The van der Waals surface area contributed by atoms with Gasteiger partial charge in [0.2, 0.25) is 0 Å². The van der Waals surface area contributed by atoms with Crippen LogP contribution in [0.3, 0.4) is 0 Å². The molecule has 2 nitrogen and oxygen atoms in total. The fourth-order valence-electron chi connectivity index (χ4n) is 2.12. The van der Waals surface area contributed by atoms with E-state index in [-0.39, 0.29) is 5.38 Å². The number of rotatable bonds is 5. The van der Waals surface area contributed by atoms with Crippen molar-refractivity contribution in [2.24, 2.45) is 0 Å². The summed E-state index contributed by atoms with van der Waals surface area (Å²) in [4.78, 5) is 0. The van der Waals surface area contributed by atoms with Gasteiger partial charge in [0.25, 0.3) is 0 Å². The van der Waals surface area contributed by atoms with Crippen LogP contribution in [0.1, 0.15) is 29.0 Å². The number of hydrogen-bond donors (Lipinski definition) is 0. The molecule has 4 heteroatoms. The largest absolute Gasteiger partial charge is 0.496 e. The number of benzene rings is 2. The molecule has 0 saturated heterocycles. The summed E-state index contributed by atoms with van der Waals surface area (Å²) in [5.74, 6) is 1.65. The van der Waals surface area contributed by atoms with Gasteiger partial charge in [-0.3, -0.25) is 0 Å². The Hall–Kier alpha value is -1.19. The molecule has 0 aromatic heterocycles. The van der Waals surface area contributed by atoms with Crippen LogP contribution in [0.2, 0.25) is 0 Å². The maximum atomic E-state index is 6.63. The number of halogens is 2. The molecule has 21 heavy (non-hydrogen) atoms. The Morgan fingerprint density at radius 1 is 1.19 bits per heavy atom. The van der Waals surface area contributed by atoms with Gasteiger partial charge in [0.15, 0.2) is 0 Å². The van der Waals surface area contributed by atoms with E-state index in [0.29, 0.717) is 6.61 Å². The lowest BCUT2D eigenvalue weighted by molar-refractivity contribution is 0.340. The summed E-state index contributed by atoms with van der Waals surface area (Å²) in [7, 11) is 1.66. The minimum Gasteiger partial charge on any atom is -0.496 e. The molecule has 2 aromatic carbocycles. The zero-order valence-corrected chi connectivity index (χ0v) is 14.7. The molecule has 0 fully saturated rings. The van der Waals surface area contributed by atoms with Gasteiger partial charge in [-0.25, -0.2) is 0 Å². The topological polar surface area (TPSA) is 18.5 Å². The zero-order chi connectivity index (χ0) is 15.4. The summed E-state index contributed by atoms with van der Waals surface area (Å²) >= 11 is 10.2. The molecule has 2 aromatic rings. The first-order valence-corrected chi connectivity index (χ1v) is 8.00. The summed E-state index contributed by atoms with van der Waals surface area (Å²) < 4.78 is 11.9. The van der Waals surface area contributed by atoms with Crippen molar-refractivity contribution in [1.29, 1.82) is 0 Å². The Kier molecular flexibility index (Phi) is 5.54. The van der Waals surface area contributed by atoms with E-state index >= 15 is 0 Å². The Morgan fingerprint density at radius 2 is 1.86 bits per heavy atom. The predicted molar refractivity (Wildman–Crippen MR) is 90.7 cm³/mol. The van der Waals surface area contributed by atoms with Gasteiger partial charge in [0.1, 0.15) is 11.5 Å². The lowest BCUT2D eigenvalue weighted by Gasteiger charge is -2.16. The maximum Gasteiger partial charge on any atom is 0.124 e. The first kappa shape index (κ1) is 16.2. The summed E-state index contributed by atoms with van der Waals surface area (Å²) in [5.41, 5.74) is 3.07. The molecule has 0 spiro atoms. The molecule has 0 aliphatic carbocycles. The van der Waals surface area contributed by atoms with Crippen LogP contribution in [-0.4, -0.2) is 13.7 Å². The second kappa shape index (κ2) is 7.19. The highest BCUT2D eigenvalue weighted by Crippen LogP contribution is 2.38. The van der Waals surface area contributed by atoms with Crippen molar-refractivity contribution in [3.63, 3.8) is 0 Å². The van der Waals surface area contributed by atoms with E-state index in [2.05, 4.69) is 15.9 Å². The zero-order valence-electron chi connectivity index (χ0n) is 12.3. The van der Waals surface area contributed by atoms with Gasteiger partial charge in [0, 0.05) is 10.0 Å². The SMILES string of the molecule is CCOc1ccc(C(Cl)c2cc(Br)c(C)cc2OC)cc1. The van der Waals surface area contributed by atoms with Crippen LogP contribution in [0, 0.1) is 6.92 Å². The van der Waals surface area contributed by atoms with E-state index in [9.17, 15) is 0 Å². The Labute approximate surface area is 139 Å². The van der Waals surface area contributed by atoms with Crippen LogP contribution in [0.25, 0.3) is 0 Å². The van der Waals surface area contributed by atoms with Crippen LogP contribution >= 0.6 is 27.5 Å². The highest BCUT2D eigenvalue weighted by Gasteiger charge is 2.17. The van der Waals surface area contributed by atoms with Crippen LogP contribution < -0.4 is 9.47 Å². The number of alkyl halides is 1. The normalized spacial score (nSPS) is 12.0. The molecule has 112 valence electrons. The molecule has 0 N–H and O–H groups in total. The van der Waals surface area contributed by atoms with Gasteiger partial charge in [-0.15, -0.1) is 11.6 Å². The lowest BCUT2D eigenvalue weighted by atomic mass is 10.0. The lowest BCUT2D eigenvalue weighted by Crippen LogP contribution is -1.99. The van der Waals surface area contributed by atoms with Crippen LogP contribution in [0.4, 0.5) is 0 Å². The maximum absolute atomic E-state index is 6.63. The van der Waals surface area contributed by atoms with E-state index in [1.807, 2.05) is 50.2 Å². The first-order chi connectivity index (χ1) is 10.1. The van der Waals surface area contributed by atoms with Crippen molar-refractivity contribution in [2.45, 2.75) is 19.2 Å². The van der Waals surface area contributed by atoms with Crippen molar-refractivity contribution in [3.8, 4) is 11.5 Å². The molecular formula is C17H18BrClO2. The third-order valence-corrected chi connectivity index (χ3v) is 4.61. The highest BCUT2D eigenvalue weighted by molar-refractivity contribution is 9.10. The monoisotopic (exact) mass is 368 g/mol. The molecule has 1 unspecified atom stereocenters. The fraction of sp³-hybridized carbons (Fsp3) is 0.294. The Bertz CT molecular complexity index is 611. The molecule has 0 radical (unpaired) electrons. The van der Waals surface area contributed by atoms with Gasteiger partial charge in [-0.1, -0.05) is 28.1 Å².